The summed E-state index contributed by atoms with van der Waals surface area (Å²) in [6.07, 6.45) is 0.961. The van der Waals surface area contributed by atoms with E-state index in [1.165, 1.54) is 19.2 Å². The van der Waals surface area contributed by atoms with E-state index in [1.807, 2.05) is 7.05 Å². The number of carbonyl (C=O) groups excluding carboxylic acids is 1. The number of ether oxygens (including phenoxy) is 1. The van der Waals surface area contributed by atoms with E-state index < -0.39 is 10.0 Å². The van der Waals surface area contributed by atoms with Crippen LogP contribution in [0.3, 0.4) is 0 Å². The second-order valence-corrected chi connectivity index (χ2v) is 7.65. The number of rotatable bonds is 8. The molecular weight excluding hydrogens is 366 g/mol. The summed E-state index contributed by atoms with van der Waals surface area (Å²) >= 11 is 0. The molecule has 1 aromatic rings. The number of carbonyl (C=O) groups is 1. The summed E-state index contributed by atoms with van der Waals surface area (Å²) in [6, 6.07) is 6.17. The van der Waals surface area contributed by atoms with Crippen LogP contribution < -0.4 is 10.0 Å². The molecule has 1 atom stereocenters. The molecule has 7 nitrogen and oxygen atoms in total. The highest BCUT2D eigenvalue weighted by molar-refractivity contribution is 7.89. The molecule has 0 aromatic heterocycles. The zero-order chi connectivity index (χ0) is 17.6. The molecule has 1 heterocycles. The van der Waals surface area contributed by atoms with Crippen LogP contribution >= 0.6 is 12.4 Å². The van der Waals surface area contributed by atoms with Crippen molar-refractivity contribution in [2.75, 3.05) is 46.9 Å². The van der Waals surface area contributed by atoms with Crippen LogP contribution in [-0.4, -0.2) is 66.2 Å². The maximum Gasteiger partial charge on any atom is 0.253 e. The van der Waals surface area contributed by atoms with Gasteiger partial charge >= 0.3 is 0 Å². The van der Waals surface area contributed by atoms with E-state index in [0.717, 1.165) is 13.0 Å². The number of methoxy groups -OCH3 is 1. The zero-order valence-corrected chi connectivity index (χ0v) is 16.2. The first-order chi connectivity index (χ1) is 11.5. The quantitative estimate of drug-likeness (QED) is 0.637. The molecule has 0 spiro atoms. The molecule has 9 heteroatoms. The number of hydrogen-bond donors (Lipinski definition) is 2. The van der Waals surface area contributed by atoms with Crippen molar-refractivity contribution in [3.05, 3.63) is 29.8 Å². The minimum Gasteiger partial charge on any atom is -0.383 e. The number of nitrogens with zero attached hydrogens (tertiary/aromatic N) is 1. The molecular formula is C16H26ClN3O4S. The lowest BCUT2D eigenvalue weighted by Gasteiger charge is -2.17. The second kappa shape index (κ2) is 10.1. The Bertz CT molecular complexity index is 669. The van der Waals surface area contributed by atoms with Gasteiger partial charge in [-0.2, -0.15) is 0 Å². The standard InChI is InChI=1S/C16H25N3O4S.ClH/c1-17-11-13-6-8-19(12-13)16(20)14-4-3-5-15(10-14)24(21,22)18-7-9-23-2;/h3-5,10,13,17-18H,6-9,11-12H2,1-2H3;1H. The summed E-state index contributed by atoms with van der Waals surface area (Å²) in [7, 11) is -0.239. The normalized spacial score (nSPS) is 17.4. The molecule has 0 radical (unpaired) electrons. The van der Waals surface area contributed by atoms with Crippen molar-refractivity contribution in [3.63, 3.8) is 0 Å². The molecule has 2 N–H and O–H groups in total. The smallest absolute Gasteiger partial charge is 0.253 e. The summed E-state index contributed by atoms with van der Waals surface area (Å²) < 4.78 is 31.8. The number of sulfonamides is 1. The van der Waals surface area contributed by atoms with Gasteiger partial charge in [-0.15, -0.1) is 12.4 Å². The number of amides is 1. The number of benzene rings is 1. The lowest BCUT2D eigenvalue weighted by Crippen LogP contribution is -2.31. The van der Waals surface area contributed by atoms with Gasteiger partial charge in [0.2, 0.25) is 10.0 Å². The summed E-state index contributed by atoms with van der Waals surface area (Å²) in [5.41, 5.74) is 0.398. The molecule has 0 bridgehead atoms. The molecule has 1 amide bonds. The van der Waals surface area contributed by atoms with E-state index in [2.05, 4.69) is 10.0 Å². The van der Waals surface area contributed by atoms with Crippen LogP contribution in [-0.2, 0) is 14.8 Å². The Morgan fingerprint density at radius 2 is 2.16 bits per heavy atom. The average Bonchev–Trinajstić information content (AvgIpc) is 3.03. The van der Waals surface area contributed by atoms with Gasteiger partial charge in [0.15, 0.2) is 0 Å². The Morgan fingerprint density at radius 3 is 2.84 bits per heavy atom. The van der Waals surface area contributed by atoms with E-state index in [1.54, 1.807) is 17.0 Å². The molecule has 0 saturated carbocycles. The van der Waals surface area contributed by atoms with E-state index in [4.69, 9.17) is 4.74 Å². The lowest BCUT2D eigenvalue weighted by molar-refractivity contribution is 0.0787. The van der Waals surface area contributed by atoms with Crippen LogP contribution in [0.5, 0.6) is 0 Å². The fourth-order valence-electron chi connectivity index (χ4n) is 2.81. The highest BCUT2D eigenvalue weighted by Crippen LogP contribution is 2.19. The molecule has 1 aliphatic heterocycles. The zero-order valence-electron chi connectivity index (χ0n) is 14.5. The molecule has 142 valence electrons. The molecule has 1 aromatic carbocycles. The Morgan fingerprint density at radius 1 is 1.40 bits per heavy atom. The van der Waals surface area contributed by atoms with Crippen molar-refractivity contribution < 1.29 is 17.9 Å². The van der Waals surface area contributed by atoms with Crippen LogP contribution in [0.15, 0.2) is 29.2 Å². The number of hydrogen-bond acceptors (Lipinski definition) is 5. The monoisotopic (exact) mass is 391 g/mol. The van der Waals surface area contributed by atoms with Gasteiger partial charge in [-0.1, -0.05) is 6.07 Å². The minimum atomic E-state index is -3.64. The van der Waals surface area contributed by atoms with Crippen molar-refractivity contribution in [2.45, 2.75) is 11.3 Å². The Labute approximate surface area is 155 Å². The Hall–Kier alpha value is -1.19. The third-order valence-electron chi connectivity index (χ3n) is 4.06. The van der Waals surface area contributed by atoms with E-state index in [9.17, 15) is 13.2 Å². The number of nitrogens with one attached hydrogen (secondary N) is 2. The molecule has 2 rings (SSSR count). The van der Waals surface area contributed by atoms with Gasteiger partial charge in [0, 0.05) is 32.3 Å². The minimum absolute atomic E-state index is 0. The van der Waals surface area contributed by atoms with E-state index in [-0.39, 0.29) is 29.8 Å². The van der Waals surface area contributed by atoms with E-state index >= 15 is 0 Å². The van der Waals surface area contributed by atoms with Crippen molar-refractivity contribution in [3.8, 4) is 0 Å². The van der Waals surface area contributed by atoms with Gasteiger partial charge in [-0.05, 0) is 44.1 Å². The van der Waals surface area contributed by atoms with Gasteiger partial charge in [-0.25, -0.2) is 13.1 Å². The number of halogens is 1. The Kier molecular flexibility index (Phi) is 8.81. The van der Waals surface area contributed by atoms with Crippen LogP contribution in [0.25, 0.3) is 0 Å². The highest BCUT2D eigenvalue weighted by atomic mass is 35.5. The molecule has 1 aliphatic rings. The van der Waals surface area contributed by atoms with Crippen LogP contribution in [0.2, 0.25) is 0 Å². The van der Waals surface area contributed by atoms with Crippen molar-refractivity contribution >= 4 is 28.3 Å². The van der Waals surface area contributed by atoms with Gasteiger partial charge in [0.05, 0.1) is 11.5 Å². The summed E-state index contributed by atoms with van der Waals surface area (Å²) in [5, 5.41) is 3.13. The van der Waals surface area contributed by atoms with Crippen molar-refractivity contribution in [1.29, 1.82) is 0 Å². The molecule has 1 unspecified atom stereocenters. The van der Waals surface area contributed by atoms with Gasteiger partial charge < -0.3 is 15.0 Å². The first-order valence-corrected chi connectivity index (χ1v) is 9.49. The van der Waals surface area contributed by atoms with E-state index in [0.29, 0.717) is 31.2 Å². The molecule has 1 saturated heterocycles. The SMILES string of the molecule is CNCC1CCN(C(=O)c2cccc(S(=O)(=O)NCCOC)c2)C1.Cl. The van der Waals surface area contributed by atoms with Crippen LogP contribution in [0.1, 0.15) is 16.8 Å². The number of likely N-dealkylation sites (tertiary alicyclic amines) is 1. The van der Waals surface area contributed by atoms with Gasteiger partial charge in [0.1, 0.15) is 0 Å². The van der Waals surface area contributed by atoms with Crippen LogP contribution in [0, 0.1) is 5.92 Å². The average molecular weight is 392 g/mol. The topological polar surface area (TPSA) is 87.7 Å². The molecule has 0 aliphatic carbocycles. The van der Waals surface area contributed by atoms with Crippen molar-refractivity contribution in [1.82, 2.24) is 14.9 Å². The lowest BCUT2D eigenvalue weighted by atomic mass is 10.1. The predicted octanol–water partition coefficient (Wildman–Crippen LogP) is 0.715. The van der Waals surface area contributed by atoms with Crippen molar-refractivity contribution in [2.24, 2.45) is 5.92 Å². The molecule has 25 heavy (non-hydrogen) atoms. The predicted molar refractivity (Wildman–Crippen MR) is 98.7 cm³/mol. The molecule has 1 fully saturated rings. The summed E-state index contributed by atoms with van der Waals surface area (Å²) in [5.74, 6) is 0.323. The largest absolute Gasteiger partial charge is 0.383 e. The third-order valence-corrected chi connectivity index (χ3v) is 5.51. The highest BCUT2D eigenvalue weighted by Gasteiger charge is 2.27. The fourth-order valence-corrected chi connectivity index (χ4v) is 3.87. The summed E-state index contributed by atoms with van der Waals surface area (Å²) in [6.45, 7) is 2.76. The first-order valence-electron chi connectivity index (χ1n) is 8.00. The van der Waals surface area contributed by atoms with Gasteiger partial charge in [-0.3, -0.25) is 4.79 Å². The maximum atomic E-state index is 12.6. The van der Waals surface area contributed by atoms with Gasteiger partial charge in [0.25, 0.3) is 5.91 Å². The van der Waals surface area contributed by atoms with Crippen LogP contribution in [0.4, 0.5) is 0 Å². The maximum absolute atomic E-state index is 12.6. The Balaban J connectivity index is 0.00000312. The third kappa shape index (κ3) is 5.93. The fraction of sp³-hybridized carbons (Fsp3) is 0.562. The second-order valence-electron chi connectivity index (χ2n) is 5.88. The summed E-state index contributed by atoms with van der Waals surface area (Å²) in [4.78, 5) is 14.5. The first kappa shape index (κ1) is 21.9.